The van der Waals surface area contributed by atoms with Crippen LogP contribution in [0.15, 0.2) is 54.7 Å². The Morgan fingerprint density at radius 3 is 2.55 bits per heavy atom. The van der Waals surface area contributed by atoms with Crippen molar-refractivity contribution in [2.45, 2.75) is 110 Å². The lowest BCUT2D eigenvalue weighted by atomic mass is 9.82. The van der Waals surface area contributed by atoms with Crippen molar-refractivity contribution in [2.24, 2.45) is 17.3 Å². The summed E-state index contributed by atoms with van der Waals surface area (Å²) in [6.07, 6.45) is 3.71. The fourth-order valence-electron chi connectivity index (χ4n) is 10.5. The standard InChI is InChI=1S/C50H65N7O8/c1-9-56-41-15-14-32-24-36(41)37(44(56)35-12-10-17-51-42(35)30(4)63-8)25-49(5,6)26-65-48(62)39-13-11-19-57(54-39)47(61)40(22-31-20-33(32)23-34(58)21-31)53-45(59)43(29(2)3)55(7)46(60)38-16-18-52-50(38)27-64-28-50/h10,12,14-15,17,20-21,23-24,29-30,38-40,43,52,54,58H,9,11,13,16,18-19,22,25-28H2,1-8H3,(H,53,59)/t30-,38?,39-,40-,43-/m0/s1. The number of nitrogens with zero attached hydrogens (tertiary/aromatic N) is 4. The Balaban J connectivity index is 1.21. The molecule has 4 aliphatic rings. The average molecular weight is 892 g/mol. The summed E-state index contributed by atoms with van der Waals surface area (Å²) < 4.78 is 19.7. The minimum Gasteiger partial charge on any atom is -0.508 e. The minimum absolute atomic E-state index is 0.00891. The van der Waals surface area contributed by atoms with Crippen LogP contribution in [0.1, 0.15) is 83.7 Å². The van der Waals surface area contributed by atoms with Gasteiger partial charge < -0.3 is 39.4 Å². The van der Waals surface area contributed by atoms with E-state index >= 15 is 0 Å². The first kappa shape index (κ1) is 46.2. The zero-order chi connectivity index (χ0) is 46.4. The SMILES string of the molecule is CCn1c(-c2cccnc2[C@H](C)OC)c2c3cc(ccc31)-c1cc(O)cc(c1)C[C@H](NC(=O)[C@H](C(C)C)N(C)C(=O)C1CCNC13COC3)C(=O)N1CCC[C@H](N1)C(=O)OCC(C)(C)C2. The Morgan fingerprint density at radius 1 is 1.06 bits per heavy atom. The number of aromatic hydroxyl groups is 1. The fraction of sp³-hybridized carbons (Fsp3) is 0.540. The highest BCUT2D eigenvalue weighted by molar-refractivity contribution is 5.96. The van der Waals surface area contributed by atoms with Crippen molar-refractivity contribution in [1.82, 2.24) is 35.5 Å². The van der Waals surface area contributed by atoms with Gasteiger partial charge in [-0.15, -0.1) is 0 Å². The molecule has 4 aliphatic heterocycles. The maximum absolute atomic E-state index is 14.7. The molecule has 6 bridgehead atoms. The summed E-state index contributed by atoms with van der Waals surface area (Å²) in [4.78, 5) is 63.7. The summed E-state index contributed by atoms with van der Waals surface area (Å²) >= 11 is 0. The number of esters is 1. The van der Waals surface area contributed by atoms with Gasteiger partial charge in [-0.3, -0.25) is 29.2 Å². The molecular formula is C50H65N7O8. The molecule has 5 atom stereocenters. The summed E-state index contributed by atoms with van der Waals surface area (Å²) in [5.41, 5.74) is 9.26. The zero-order valence-corrected chi connectivity index (χ0v) is 39.0. The van der Waals surface area contributed by atoms with Gasteiger partial charge in [-0.25, -0.2) is 5.43 Å². The van der Waals surface area contributed by atoms with Gasteiger partial charge in [0.15, 0.2) is 0 Å². The van der Waals surface area contributed by atoms with Crippen molar-refractivity contribution >= 4 is 34.6 Å². The second-order valence-corrected chi connectivity index (χ2v) is 19.6. The molecule has 6 heterocycles. The number of carbonyl (C=O) groups excluding carboxylic acids is 4. The van der Waals surface area contributed by atoms with Crippen LogP contribution in [-0.4, -0.2) is 119 Å². The number of rotatable bonds is 9. The van der Waals surface area contributed by atoms with Gasteiger partial charge in [-0.2, -0.15) is 0 Å². The van der Waals surface area contributed by atoms with Crippen LogP contribution in [0.5, 0.6) is 5.75 Å². The quantitative estimate of drug-likeness (QED) is 0.160. The van der Waals surface area contributed by atoms with Gasteiger partial charge in [0.2, 0.25) is 11.8 Å². The lowest BCUT2D eigenvalue weighted by molar-refractivity contribution is -0.156. The Morgan fingerprint density at radius 2 is 1.85 bits per heavy atom. The molecule has 0 saturated carbocycles. The number of likely N-dealkylation sites (N-methyl/N-ethyl adjacent to an activating group) is 1. The Labute approximate surface area is 381 Å². The molecule has 4 N–H and O–H groups in total. The first-order valence-corrected chi connectivity index (χ1v) is 23.1. The molecule has 3 amide bonds. The van der Waals surface area contributed by atoms with Gasteiger partial charge in [0.25, 0.3) is 5.91 Å². The van der Waals surface area contributed by atoms with E-state index in [1.54, 1.807) is 32.5 Å². The summed E-state index contributed by atoms with van der Waals surface area (Å²) in [5, 5.41) is 20.3. The van der Waals surface area contributed by atoms with Crippen molar-refractivity contribution in [3.05, 3.63) is 71.5 Å². The van der Waals surface area contributed by atoms with Crippen LogP contribution >= 0.6 is 0 Å². The largest absolute Gasteiger partial charge is 0.508 e. The van der Waals surface area contributed by atoms with Gasteiger partial charge >= 0.3 is 5.97 Å². The number of hydrogen-bond acceptors (Lipinski definition) is 11. The number of carbonyl (C=O) groups is 4. The number of methoxy groups -OCH3 is 1. The average Bonchev–Trinajstić information content (AvgIpc) is 3.86. The first-order chi connectivity index (χ1) is 31.0. The van der Waals surface area contributed by atoms with E-state index in [1.165, 1.54) is 9.91 Å². The number of nitrogens with one attached hydrogen (secondary N) is 3. The maximum Gasteiger partial charge on any atom is 0.324 e. The number of aromatic nitrogens is 2. The lowest BCUT2D eigenvalue weighted by Gasteiger charge is -2.44. The number of benzene rings is 2. The Bertz CT molecular complexity index is 2460. The number of hydrazine groups is 1. The van der Waals surface area contributed by atoms with E-state index in [4.69, 9.17) is 19.2 Å². The first-order valence-electron chi connectivity index (χ1n) is 23.1. The summed E-state index contributed by atoms with van der Waals surface area (Å²) in [6.45, 7) is 14.7. The summed E-state index contributed by atoms with van der Waals surface area (Å²) in [5.74, 6) is -2.14. The van der Waals surface area contributed by atoms with E-state index in [0.717, 1.165) is 44.5 Å². The van der Waals surface area contributed by atoms with Crippen LogP contribution in [0.2, 0.25) is 0 Å². The van der Waals surface area contributed by atoms with Crippen molar-refractivity contribution < 1.29 is 38.5 Å². The molecule has 0 radical (unpaired) electrons. The van der Waals surface area contributed by atoms with E-state index < -0.39 is 46.9 Å². The van der Waals surface area contributed by atoms with Crippen LogP contribution in [0.4, 0.5) is 0 Å². The van der Waals surface area contributed by atoms with Crippen LogP contribution < -0.4 is 16.1 Å². The third kappa shape index (κ3) is 9.00. The van der Waals surface area contributed by atoms with Gasteiger partial charge in [0.05, 0.1) is 48.8 Å². The van der Waals surface area contributed by atoms with Gasteiger partial charge in [-0.05, 0) is 111 Å². The molecular weight excluding hydrogens is 827 g/mol. The van der Waals surface area contributed by atoms with Crippen molar-refractivity contribution in [2.75, 3.05) is 47.1 Å². The smallest absolute Gasteiger partial charge is 0.324 e. The fourth-order valence-corrected chi connectivity index (χ4v) is 10.5. The second kappa shape index (κ2) is 18.5. The molecule has 1 spiro atoms. The zero-order valence-electron chi connectivity index (χ0n) is 39.0. The number of hydrogen-bond donors (Lipinski definition) is 4. The summed E-state index contributed by atoms with van der Waals surface area (Å²) in [7, 11) is 3.34. The summed E-state index contributed by atoms with van der Waals surface area (Å²) in [6, 6.07) is 12.8. The third-order valence-electron chi connectivity index (χ3n) is 13.9. The molecule has 3 saturated heterocycles. The Hall–Kier alpha value is -5.35. The van der Waals surface area contributed by atoms with Crippen molar-refractivity contribution in [3.8, 4) is 28.1 Å². The number of amides is 3. The highest BCUT2D eigenvalue weighted by Crippen LogP contribution is 2.42. The van der Waals surface area contributed by atoms with E-state index in [-0.39, 0.29) is 42.6 Å². The minimum atomic E-state index is -1.13. The van der Waals surface area contributed by atoms with Crippen molar-refractivity contribution in [1.29, 1.82) is 0 Å². The molecule has 1 unspecified atom stereocenters. The lowest BCUT2D eigenvalue weighted by Crippen LogP contribution is -2.65. The predicted octanol–water partition coefficient (Wildman–Crippen LogP) is 5.31. The number of ether oxygens (including phenoxy) is 3. The number of fused-ring (bicyclic) bond motifs is 6. The van der Waals surface area contributed by atoms with Crippen LogP contribution in [0, 0.1) is 17.3 Å². The predicted molar refractivity (Wildman–Crippen MR) is 246 cm³/mol. The monoisotopic (exact) mass is 891 g/mol. The molecule has 4 aromatic rings. The normalized spacial score (nSPS) is 22.8. The molecule has 15 nitrogen and oxygen atoms in total. The van der Waals surface area contributed by atoms with E-state index in [1.807, 2.05) is 39.0 Å². The van der Waals surface area contributed by atoms with Crippen LogP contribution in [0.3, 0.4) is 0 Å². The molecule has 3 fully saturated rings. The molecule has 2 aromatic heterocycles. The highest BCUT2D eigenvalue weighted by Gasteiger charge is 2.53. The molecule has 15 heteroatoms. The van der Waals surface area contributed by atoms with Crippen LogP contribution in [0.25, 0.3) is 33.3 Å². The Kier molecular flexibility index (Phi) is 13.1. The molecule has 65 heavy (non-hydrogen) atoms. The number of phenols is 1. The van der Waals surface area contributed by atoms with Gasteiger partial charge in [0, 0.05) is 61.7 Å². The maximum atomic E-state index is 14.7. The number of aryl methyl sites for hydroxylation is 1. The molecule has 0 aliphatic carbocycles. The molecule has 348 valence electrons. The second-order valence-electron chi connectivity index (χ2n) is 19.6. The van der Waals surface area contributed by atoms with Crippen LogP contribution in [-0.2, 0) is 52.8 Å². The molecule has 8 rings (SSSR count). The van der Waals surface area contributed by atoms with E-state index in [9.17, 15) is 24.3 Å². The topological polar surface area (TPSA) is 177 Å². The number of phenolic OH excluding ortho intramolecular Hbond substituents is 1. The number of pyridine rings is 1. The molecule has 2 aromatic carbocycles. The highest BCUT2D eigenvalue weighted by atomic mass is 16.5. The van der Waals surface area contributed by atoms with E-state index in [0.29, 0.717) is 64.1 Å². The van der Waals surface area contributed by atoms with Crippen molar-refractivity contribution in [3.63, 3.8) is 0 Å². The van der Waals surface area contributed by atoms with Gasteiger partial charge in [-0.1, -0.05) is 39.8 Å². The third-order valence-corrected chi connectivity index (χ3v) is 13.9. The number of cyclic esters (lactones) is 1. The van der Waals surface area contributed by atoms with E-state index in [2.05, 4.69) is 59.6 Å². The van der Waals surface area contributed by atoms with Gasteiger partial charge in [0.1, 0.15) is 23.9 Å².